The Labute approximate surface area is 428 Å². The summed E-state index contributed by atoms with van der Waals surface area (Å²) in [5.74, 6) is 0. The van der Waals surface area contributed by atoms with E-state index in [1.807, 2.05) is 58.0 Å². The van der Waals surface area contributed by atoms with Gasteiger partial charge in [0.05, 0.1) is 19.6 Å². The monoisotopic (exact) mass is 1090 g/mol. The Kier molecular flexibility index (Phi) is 14.8. The molecule has 3 saturated heterocycles. The number of sulfonamides is 4. The van der Waals surface area contributed by atoms with E-state index in [1.54, 1.807) is 48.5 Å². The Morgan fingerprint density at radius 3 is 0.931 bits per heavy atom. The molecule has 3 aliphatic heterocycles. The summed E-state index contributed by atoms with van der Waals surface area (Å²) in [7, 11) is -23.2. The van der Waals surface area contributed by atoms with Gasteiger partial charge in [-0.25, -0.2) is 33.7 Å². The zero-order valence-electron chi connectivity index (χ0n) is 40.7. The molecule has 10 rings (SSSR count). The smallest absolute Gasteiger partial charge is 0.249 e. The van der Waals surface area contributed by atoms with E-state index in [1.165, 1.54) is 64.8 Å². The zero-order valence-corrected chi connectivity index (χ0v) is 45.8. The predicted octanol–water partition coefficient (Wildman–Crippen LogP) is 9.37. The minimum absolute atomic E-state index is 0.000963. The van der Waals surface area contributed by atoms with Gasteiger partial charge < -0.3 is 9.05 Å². The van der Waals surface area contributed by atoms with Gasteiger partial charge in [0, 0.05) is 43.8 Å². The zero-order chi connectivity index (χ0) is 50.7. The van der Waals surface area contributed by atoms with Crippen LogP contribution in [0.5, 0.6) is 0 Å². The Morgan fingerprint density at radius 1 is 0.403 bits per heavy atom. The van der Waals surface area contributed by atoms with Gasteiger partial charge in [0.1, 0.15) is 12.2 Å². The highest BCUT2D eigenvalue weighted by Gasteiger charge is 2.63. The van der Waals surface area contributed by atoms with Gasteiger partial charge in [0.15, 0.2) is 0 Å². The first-order valence-electron chi connectivity index (χ1n) is 24.5. The summed E-state index contributed by atoms with van der Waals surface area (Å²) in [6, 6.07) is 32.6. The molecule has 15 nitrogen and oxygen atoms in total. The average Bonchev–Trinajstić information content (AvgIpc) is 4.02. The van der Waals surface area contributed by atoms with Crippen molar-refractivity contribution in [1.82, 2.24) is 21.2 Å². The van der Waals surface area contributed by atoms with Crippen molar-refractivity contribution in [2.24, 2.45) is 0 Å². The van der Waals surface area contributed by atoms with Gasteiger partial charge in [-0.05, 0) is 107 Å². The number of hydrogen-bond acceptors (Lipinski definition) is 11. The Bertz CT molecular complexity index is 2840. The van der Waals surface area contributed by atoms with Crippen molar-refractivity contribution >= 4 is 57.0 Å². The second-order valence-electron chi connectivity index (χ2n) is 19.7. The number of likely N-dealkylation sites (tertiary alicyclic amines) is 1. The number of aryl methyl sites for hydroxylation is 4. The van der Waals surface area contributed by atoms with Crippen LogP contribution < -0.4 is 0 Å². The maximum Gasteiger partial charge on any atom is 0.249 e. The minimum Gasteiger partial charge on any atom is -0.322 e. The molecule has 0 bridgehead atoms. The predicted molar refractivity (Wildman–Crippen MR) is 278 cm³/mol. The van der Waals surface area contributed by atoms with E-state index in [2.05, 4.69) is 4.90 Å². The van der Waals surface area contributed by atoms with Crippen molar-refractivity contribution in [3.8, 4) is 0 Å². The van der Waals surface area contributed by atoms with Gasteiger partial charge in [-0.1, -0.05) is 127 Å². The summed E-state index contributed by atoms with van der Waals surface area (Å²) >= 11 is 0. The summed E-state index contributed by atoms with van der Waals surface area (Å²) < 4.78 is 142. The van der Waals surface area contributed by atoms with Crippen LogP contribution in [0.25, 0.3) is 0 Å². The van der Waals surface area contributed by atoms with Crippen molar-refractivity contribution in [3.63, 3.8) is 0 Å². The Balaban J connectivity index is 1.12. The topological polar surface area (TPSA) is 171 Å². The fourth-order valence-electron chi connectivity index (χ4n) is 10.7. The number of nitrogens with zero attached hydrogens (tertiary/aromatic N) is 5. The summed E-state index contributed by atoms with van der Waals surface area (Å²) in [5, 5.41) is 0. The third-order valence-electron chi connectivity index (χ3n) is 14.5. The summed E-state index contributed by atoms with van der Waals surface area (Å²) in [6.45, 7) is 8.07. The third-order valence-corrected chi connectivity index (χ3v) is 28.7. The molecule has 0 unspecified atom stereocenters. The lowest BCUT2D eigenvalue weighted by atomic mass is 9.92. The quantitative estimate of drug-likeness (QED) is 0.0971. The van der Waals surface area contributed by atoms with Crippen LogP contribution in [0, 0.1) is 27.7 Å². The van der Waals surface area contributed by atoms with Crippen LogP contribution in [0.2, 0.25) is 0 Å². The lowest BCUT2D eigenvalue weighted by Gasteiger charge is -2.35. The molecule has 3 heterocycles. The Hall–Kier alpha value is -3.52. The van der Waals surface area contributed by atoms with E-state index >= 15 is 33.7 Å². The highest BCUT2D eigenvalue weighted by molar-refractivity contribution is 7.99. The SMILES string of the molecule is Cc1ccc(S(=O)(=O)N2[C@H]3CCCC[C@@H]3N(S(=O)(=O)c3ccc(C)cc3)P2O[C@H]2CN(Cc3ccccc3)C[C@@H]2OP2N(S(=O)(=O)c3ccc(C)cc3)[C@H]3CCCC[C@@H]3N2S(=O)(=O)c2ccc(C)cc2)cc1. The van der Waals surface area contributed by atoms with Crippen LogP contribution >= 0.6 is 16.9 Å². The number of fused-ring (bicyclic) bond motifs is 2. The molecule has 5 aromatic rings. The molecule has 0 aromatic heterocycles. The normalized spacial score (nSPS) is 25.7. The molecule has 0 radical (unpaired) electrons. The van der Waals surface area contributed by atoms with E-state index in [0.29, 0.717) is 57.9 Å². The van der Waals surface area contributed by atoms with Gasteiger partial charge in [0.25, 0.3) is 0 Å². The van der Waals surface area contributed by atoms with Crippen molar-refractivity contribution in [2.45, 2.75) is 142 Å². The van der Waals surface area contributed by atoms with Crippen LogP contribution in [0.15, 0.2) is 147 Å². The van der Waals surface area contributed by atoms with Gasteiger partial charge in [-0.3, -0.25) is 4.90 Å². The molecule has 5 aliphatic rings. The molecule has 6 atom stereocenters. The van der Waals surface area contributed by atoms with E-state index in [9.17, 15) is 0 Å². The standard InChI is InChI=1S/C51H61N5O10P2S4/c1-37-18-26-42(27-19-37)69(57,58)53-46-14-8-9-15-47(46)54(70(59,60)43-28-20-38(2)21-29-43)67(53)65-50-35-52(34-41-12-6-5-7-13-41)36-51(50)66-68-55(71(61,62)44-30-22-39(3)23-31-44)48-16-10-11-17-49(48)56(68)72(63,64)45-32-24-40(4)25-33-45/h5-7,12-13,18-33,46-51H,8-11,14-17,34-36H2,1-4H3/t46-,47-,48-,49-,50-,51-/m0/s1. The van der Waals surface area contributed by atoms with Crippen LogP contribution in [-0.4, -0.2) is 104 Å². The molecular weight excluding hydrogens is 1030 g/mol. The second-order valence-corrected chi connectivity index (χ2v) is 31.2. The molecule has 5 aromatic carbocycles. The maximum absolute atomic E-state index is 15.3. The molecule has 5 fully saturated rings. The fourth-order valence-corrected chi connectivity index (χ4v) is 25.3. The van der Waals surface area contributed by atoms with E-state index in [0.717, 1.165) is 27.8 Å². The molecule has 0 spiro atoms. The second kappa shape index (κ2) is 20.5. The summed E-state index contributed by atoms with van der Waals surface area (Å²) in [4.78, 5) is 2.05. The first kappa shape index (κ1) is 51.9. The van der Waals surface area contributed by atoms with E-state index in [-0.39, 0.29) is 32.7 Å². The highest BCUT2D eigenvalue weighted by Crippen LogP contribution is 2.66. The van der Waals surface area contributed by atoms with Gasteiger partial charge in [0.2, 0.25) is 57.0 Å². The van der Waals surface area contributed by atoms with Crippen molar-refractivity contribution < 1.29 is 42.7 Å². The number of benzene rings is 5. The van der Waals surface area contributed by atoms with Crippen LogP contribution in [0.3, 0.4) is 0 Å². The largest absolute Gasteiger partial charge is 0.322 e. The van der Waals surface area contributed by atoms with Crippen LogP contribution in [0.1, 0.15) is 79.2 Å². The maximum atomic E-state index is 15.3. The van der Waals surface area contributed by atoms with E-state index < -0.39 is 93.4 Å². The van der Waals surface area contributed by atoms with Gasteiger partial charge in [-0.2, -0.15) is 0 Å². The van der Waals surface area contributed by atoms with Gasteiger partial charge >= 0.3 is 0 Å². The minimum atomic E-state index is -4.43. The lowest BCUT2D eigenvalue weighted by molar-refractivity contribution is 0.0982. The van der Waals surface area contributed by atoms with Crippen molar-refractivity contribution in [1.29, 1.82) is 0 Å². The van der Waals surface area contributed by atoms with Crippen LogP contribution in [0.4, 0.5) is 0 Å². The Morgan fingerprint density at radius 2 is 0.667 bits per heavy atom. The van der Waals surface area contributed by atoms with Crippen molar-refractivity contribution in [3.05, 3.63) is 155 Å². The molecule has 384 valence electrons. The summed E-state index contributed by atoms with van der Waals surface area (Å²) in [5.41, 5.74) is 4.35. The first-order chi connectivity index (χ1) is 34.3. The molecular formula is C51H61N5O10P2S4. The lowest BCUT2D eigenvalue weighted by Crippen LogP contribution is -2.43. The average molecular weight is 1090 g/mol. The molecule has 72 heavy (non-hydrogen) atoms. The van der Waals surface area contributed by atoms with Gasteiger partial charge in [-0.15, -0.1) is 16.3 Å². The highest BCUT2D eigenvalue weighted by atomic mass is 32.2. The number of rotatable bonds is 14. The molecule has 0 amide bonds. The van der Waals surface area contributed by atoms with Crippen molar-refractivity contribution in [2.75, 3.05) is 13.1 Å². The first-order valence-corrected chi connectivity index (χ1v) is 32.6. The van der Waals surface area contributed by atoms with E-state index in [4.69, 9.17) is 9.05 Å². The van der Waals surface area contributed by atoms with Crippen LogP contribution in [-0.2, 0) is 55.7 Å². The molecule has 2 aliphatic carbocycles. The molecule has 21 heteroatoms. The fraction of sp³-hybridized carbons (Fsp3) is 0.412. The number of hydrogen-bond donors (Lipinski definition) is 0. The summed E-state index contributed by atoms with van der Waals surface area (Å²) in [6.07, 6.45) is 2.12. The molecule has 2 saturated carbocycles. The third kappa shape index (κ3) is 9.81. The molecule has 0 N–H and O–H groups in total.